The zero-order chi connectivity index (χ0) is 22.7. The minimum absolute atomic E-state index is 0.0583. The molecule has 0 aliphatic carbocycles. The first-order valence-electron chi connectivity index (χ1n) is 10.6. The van der Waals surface area contributed by atoms with Gasteiger partial charge in [0.05, 0.1) is 18.1 Å². The van der Waals surface area contributed by atoms with Crippen LogP contribution in [0.25, 0.3) is 10.4 Å². The molecule has 1 saturated heterocycles. The number of likely N-dealkylation sites (tertiary alicyclic amines) is 1. The number of thiophene rings is 1. The molecule has 0 saturated carbocycles. The van der Waals surface area contributed by atoms with Crippen molar-refractivity contribution >= 4 is 23.2 Å². The summed E-state index contributed by atoms with van der Waals surface area (Å²) in [6.07, 6.45) is 2.75. The molecule has 1 aromatic carbocycles. The van der Waals surface area contributed by atoms with E-state index in [1.807, 2.05) is 6.07 Å². The molecule has 0 radical (unpaired) electrons. The number of amides is 2. The maximum absolute atomic E-state index is 13.3. The zero-order valence-electron chi connectivity index (χ0n) is 18.6. The molecule has 166 valence electrons. The summed E-state index contributed by atoms with van der Waals surface area (Å²) in [5.74, 6) is 0.413. The van der Waals surface area contributed by atoms with Crippen LogP contribution in [0.3, 0.4) is 0 Å². The summed E-state index contributed by atoms with van der Waals surface area (Å²) in [5, 5.41) is 2.07. The monoisotopic (exact) mass is 449 g/mol. The standard InChI is InChI=1S/C25H27N3O3S/c1-27(2)24(30)25(15-18-6-8-19(9-7-18)21-5-4-14-32-21)12-13-28(17-25)23(29)20-10-11-22(31-3)26-16-20/h4-11,14,16H,12-13,15,17H2,1-3H3. The first-order valence-corrected chi connectivity index (χ1v) is 11.4. The van der Waals surface area contributed by atoms with Crippen molar-refractivity contribution in [2.75, 3.05) is 34.3 Å². The van der Waals surface area contributed by atoms with Crippen molar-refractivity contribution in [3.63, 3.8) is 0 Å². The molecular formula is C25H27N3O3S. The number of rotatable bonds is 6. The number of hydrogen-bond donors (Lipinski definition) is 0. The van der Waals surface area contributed by atoms with Gasteiger partial charge in [-0.25, -0.2) is 4.98 Å². The zero-order valence-corrected chi connectivity index (χ0v) is 19.4. The van der Waals surface area contributed by atoms with Crippen molar-refractivity contribution in [2.45, 2.75) is 12.8 Å². The number of aromatic nitrogens is 1. The fourth-order valence-electron chi connectivity index (χ4n) is 4.35. The Morgan fingerprint density at radius 1 is 1.16 bits per heavy atom. The molecule has 1 aliphatic rings. The highest BCUT2D eigenvalue weighted by atomic mass is 32.1. The predicted molar refractivity (Wildman–Crippen MR) is 126 cm³/mol. The van der Waals surface area contributed by atoms with E-state index in [1.54, 1.807) is 54.5 Å². The van der Waals surface area contributed by atoms with Crippen molar-refractivity contribution < 1.29 is 14.3 Å². The summed E-state index contributed by atoms with van der Waals surface area (Å²) in [6, 6.07) is 15.9. The number of benzene rings is 1. The van der Waals surface area contributed by atoms with Gasteiger partial charge in [0.2, 0.25) is 11.8 Å². The Hall–Kier alpha value is -3.19. The molecule has 1 unspecified atom stereocenters. The number of nitrogens with zero attached hydrogens (tertiary/aromatic N) is 3. The number of hydrogen-bond acceptors (Lipinski definition) is 5. The third-order valence-corrected chi connectivity index (χ3v) is 6.91. The topological polar surface area (TPSA) is 62.7 Å². The highest BCUT2D eigenvalue weighted by Crippen LogP contribution is 2.37. The van der Waals surface area contributed by atoms with Crippen molar-refractivity contribution in [1.82, 2.24) is 14.8 Å². The summed E-state index contributed by atoms with van der Waals surface area (Å²) in [7, 11) is 5.10. The summed E-state index contributed by atoms with van der Waals surface area (Å²) < 4.78 is 5.08. The van der Waals surface area contributed by atoms with Crippen LogP contribution in [0.1, 0.15) is 22.3 Å². The van der Waals surface area contributed by atoms with E-state index in [1.165, 1.54) is 16.6 Å². The Morgan fingerprint density at radius 2 is 1.94 bits per heavy atom. The molecule has 0 bridgehead atoms. The van der Waals surface area contributed by atoms with Crippen LogP contribution in [-0.4, -0.2) is 60.9 Å². The lowest BCUT2D eigenvalue weighted by molar-refractivity contribution is -0.138. The second-order valence-corrected chi connectivity index (χ2v) is 9.34. The Balaban J connectivity index is 1.54. The van der Waals surface area contributed by atoms with Crippen LogP contribution in [0.2, 0.25) is 0 Å². The van der Waals surface area contributed by atoms with Crippen LogP contribution in [-0.2, 0) is 11.2 Å². The van der Waals surface area contributed by atoms with Gasteiger partial charge in [0.25, 0.3) is 5.91 Å². The van der Waals surface area contributed by atoms with E-state index in [9.17, 15) is 9.59 Å². The number of carbonyl (C=O) groups excluding carboxylic acids is 2. The van der Waals surface area contributed by atoms with Crippen molar-refractivity contribution in [3.8, 4) is 16.3 Å². The second kappa shape index (κ2) is 9.12. The fourth-order valence-corrected chi connectivity index (χ4v) is 5.08. The molecule has 3 heterocycles. The third-order valence-electron chi connectivity index (χ3n) is 6.00. The first-order chi connectivity index (χ1) is 15.4. The van der Waals surface area contributed by atoms with Crippen molar-refractivity contribution in [3.05, 3.63) is 71.2 Å². The van der Waals surface area contributed by atoms with Gasteiger partial charge in [-0.3, -0.25) is 9.59 Å². The molecule has 7 heteroatoms. The third kappa shape index (κ3) is 4.39. The lowest BCUT2D eigenvalue weighted by Crippen LogP contribution is -2.44. The fraction of sp³-hybridized carbons (Fsp3) is 0.320. The van der Waals surface area contributed by atoms with Crippen LogP contribution >= 0.6 is 11.3 Å². The molecule has 0 spiro atoms. The molecule has 2 aromatic heterocycles. The van der Waals surface area contributed by atoms with Crippen LogP contribution in [0, 0.1) is 5.41 Å². The summed E-state index contributed by atoms with van der Waals surface area (Å²) in [4.78, 5) is 35.1. The lowest BCUT2D eigenvalue weighted by atomic mass is 9.79. The minimum atomic E-state index is -0.635. The highest BCUT2D eigenvalue weighted by Gasteiger charge is 2.46. The van der Waals surface area contributed by atoms with Gasteiger partial charge in [-0.15, -0.1) is 11.3 Å². The SMILES string of the molecule is COc1ccc(C(=O)N2CCC(Cc3ccc(-c4cccs4)cc3)(C(=O)N(C)C)C2)cn1. The lowest BCUT2D eigenvalue weighted by Gasteiger charge is -2.31. The quantitative estimate of drug-likeness (QED) is 0.571. The van der Waals surface area contributed by atoms with E-state index in [2.05, 4.69) is 40.7 Å². The number of methoxy groups -OCH3 is 1. The molecule has 0 N–H and O–H groups in total. The maximum atomic E-state index is 13.3. The molecule has 32 heavy (non-hydrogen) atoms. The molecule has 6 nitrogen and oxygen atoms in total. The molecule has 2 amide bonds. The van der Waals surface area contributed by atoms with Crippen LogP contribution in [0.4, 0.5) is 0 Å². The Labute approximate surface area is 192 Å². The Kier molecular flexibility index (Phi) is 6.28. The molecule has 4 rings (SSSR count). The predicted octanol–water partition coefficient (Wildman–Crippen LogP) is 3.98. The van der Waals surface area contributed by atoms with Gasteiger partial charge in [-0.05, 0) is 41.5 Å². The van der Waals surface area contributed by atoms with Crippen LogP contribution in [0.15, 0.2) is 60.1 Å². The van der Waals surface area contributed by atoms with Gasteiger partial charge in [0.1, 0.15) is 0 Å². The highest BCUT2D eigenvalue weighted by molar-refractivity contribution is 7.13. The molecule has 1 atom stereocenters. The molecular weight excluding hydrogens is 422 g/mol. The normalized spacial score (nSPS) is 17.9. The van der Waals surface area contributed by atoms with E-state index in [0.29, 0.717) is 37.4 Å². The maximum Gasteiger partial charge on any atom is 0.255 e. The van der Waals surface area contributed by atoms with Gasteiger partial charge >= 0.3 is 0 Å². The van der Waals surface area contributed by atoms with Gasteiger partial charge in [0.15, 0.2) is 0 Å². The van der Waals surface area contributed by atoms with Gasteiger partial charge in [-0.1, -0.05) is 30.3 Å². The first kappa shape index (κ1) is 22.0. The molecule has 1 fully saturated rings. The van der Waals surface area contributed by atoms with E-state index >= 15 is 0 Å². The number of ether oxygens (including phenoxy) is 1. The molecule has 1 aliphatic heterocycles. The second-order valence-electron chi connectivity index (χ2n) is 8.40. The van der Waals surface area contributed by atoms with Crippen LogP contribution in [0.5, 0.6) is 5.88 Å². The largest absolute Gasteiger partial charge is 0.481 e. The van der Waals surface area contributed by atoms with E-state index in [0.717, 1.165) is 5.56 Å². The van der Waals surface area contributed by atoms with E-state index < -0.39 is 5.41 Å². The Morgan fingerprint density at radius 3 is 2.53 bits per heavy atom. The van der Waals surface area contributed by atoms with Gasteiger partial charge < -0.3 is 14.5 Å². The van der Waals surface area contributed by atoms with E-state index in [4.69, 9.17) is 4.74 Å². The average molecular weight is 450 g/mol. The van der Waals surface area contributed by atoms with Gasteiger partial charge in [0, 0.05) is 44.3 Å². The minimum Gasteiger partial charge on any atom is -0.481 e. The number of carbonyl (C=O) groups is 2. The van der Waals surface area contributed by atoms with Crippen LogP contribution < -0.4 is 4.74 Å². The Bertz CT molecular complexity index is 1080. The summed E-state index contributed by atoms with van der Waals surface area (Å²) in [6.45, 7) is 0.930. The molecule has 3 aromatic rings. The average Bonchev–Trinajstić information content (AvgIpc) is 3.50. The summed E-state index contributed by atoms with van der Waals surface area (Å²) >= 11 is 1.71. The number of pyridine rings is 1. The summed E-state index contributed by atoms with van der Waals surface area (Å²) in [5.41, 5.74) is 2.14. The van der Waals surface area contributed by atoms with E-state index in [-0.39, 0.29) is 11.8 Å². The van der Waals surface area contributed by atoms with Crippen molar-refractivity contribution in [2.24, 2.45) is 5.41 Å². The van der Waals surface area contributed by atoms with Gasteiger partial charge in [-0.2, -0.15) is 0 Å². The van der Waals surface area contributed by atoms with Crippen molar-refractivity contribution in [1.29, 1.82) is 0 Å². The smallest absolute Gasteiger partial charge is 0.255 e.